The Morgan fingerprint density at radius 2 is 2.44 bits per heavy atom. The minimum atomic E-state index is 0.456. The molecule has 0 spiro atoms. The van der Waals surface area contributed by atoms with Gasteiger partial charge in [0.25, 0.3) is 0 Å². The van der Waals surface area contributed by atoms with Crippen molar-refractivity contribution in [1.82, 2.24) is 5.32 Å². The number of nitrogens with one attached hydrogen (secondary N) is 1. The lowest BCUT2D eigenvalue weighted by Crippen LogP contribution is -2.48. The molecule has 1 heterocycles. The third-order valence-electron chi connectivity index (χ3n) is 1.43. The maximum absolute atomic E-state index is 5.27. The van der Waals surface area contributed by atoms with Crippen molar-refractivity contribution in [2.45, 2.75) is 19.0 Å². The van der Waals surface area contributed by atoms with Crippen LogP contribution in [0.5, 0.6) is 0 Å². The van der Waals surface area contributed by atoms with Gasteiger partial charge in [-0.3, -0.25) is 0 Å². The van der Waals surface area contributed by atoms with Gasteiger partial charge in [0.2, 0.25) is 0 Å². The fourth-order valence-corrected chi connectivity index (χ4v) is 1.20. The Labute approximate surface area is 61.4 Å². The van der Waals surface area contributed by atoms with Crippen LogP contribution in [0.15, 0.2) is 0 Å². The Bertz CT molecular complexity index is 89.1. The summed E-state index contributed by atoms with van der Waals surface area (Å²) in [5.41, 5.74) is 0. The van der Waals surface area contributed by atoms with Crippen molar-refractivity contribution >= 4 is 12.6 Å². The van der Waals surface area contributed by atoms with E-state index in [1.54, 1.807) is 0 Å². The van der Waals surface area contributed by atoms with Crippen LogP contribution >= 0.6 is 12.6 Å². The summed E-state index contributed by atoms with van der Waals surface area (Å²) in [6.07, 6.45) is 0. The third kappa shape index (κ3) is 2.16. The Kier molecular flexibility index (Phi) is 2.82. The quantitative estimate of drug-likeness (QED) is 0.520. The highest BCUT2D eigenvalue weighted by Gasteiger charge is 2.15. The second-order valence-corrected chi connectivity index (χ2v) is 2.85. The summed E-state index contributed by atoms with van der Waals surface area (Å²) in [5, 5.41) is 3.36. The van der Waals surface area contributed by atoms with Crippen molar-refractivity contribution in [2.24, 2.45) is 0 Å². The number of ether oxygens (including phenoxy) is 1. The van der Waals surface area contributed by atoms with Crippen molar-refractivity contribution in [3.63, 3.8) is 0 Å². The predicted molar refractivity (Wildman–Crippen MR) is 41.1 cm³/mol. The molecule has 0 aliphatic carbocycles. The van der Waals surface area contributed by atoms with Crippen molar-refractivity contribution < 1.29 is 4.74 Å². The lowest BCUT2D eigenvalue weighted by atomic mass is 10.2. The number of thiol groups is 1. The molecular formula is C6H13NOS. The second-order valence-electron chi connectivity index (χ2n) is 2.48. The minimum absolute atomic E-state index is 0.456. The molecule has 3 heteroatoms. The lowest BCUT2D eigenvalue weighted by Gasteiger charge is -2.27. The molecule has 0 aromatic carbocycles. The van der Waals surface area contributed by atoms with Gasteiger partial charge in [-0.15, -0.1) is 0 Å². The van der Waals surface area contributed by atoms with Crippen LogP contribution < -0.4 is 5.32 Å². The Morgan fingerprint density at radius 3 is 2.89 bits per heavy atom. The van der Waals surface area contributed by atoms with Gasteiger partial charge in [0.05, 0.1) is 13.2 Å². The van der Waals surface area contributed by atoms with E-state index < -0.39 is 0 Å². The second kappa shape index (κ2) is 3.44. The van der Waals surface area contributed by atoms with Gasteiger partial charge in [-0.2, -0.15) is 12.6 Å². The molecule has 1 saturated heterocycles. The van der Waals surface area contributed by atoms with E-state index in [9.17, 15) is 0 Å². The van der Waals surface area contributed by atoms with Gasteiger partial charge in [0.15, 0.2) is 0 Å². The Hall–Kier alpha value is 0.270. The summed E-state index contributed by atoms with van der Waals surface area (Å²) in [6.45, 7) is 3.77. The van der Waals surface area contributed by atoms with E-state index in [4.69, 9.17) is 4.74 Å². The molecule has 2 atom stereocenters. The van der Waals surface area contributed by atoms with Gasteiger partial charge in [-0.1, -0.05) is 0 Å². The highest BCUT2D eigenvalue weighted by atomic mass is 32.1. The zero-order valence-electron chi connectivity index (χ0n) is 5.63. The van der Waals surface area contributed by atoms with E-state index in [0.717, 1.165) is 19.0 Å². The topological polar surface area (TPSA) is 21.3 Å². The van der Waals surface area contributed by atoms with Gasteiger partial charge in [0, 0.05) is 17.8 Å². The fourth-order valence-electron chi connectivity index (χ4n) is 0.991. The van der Waals surface area contributed by atoms with E-state index in [1.807, 2.05) is 0 Å². The van der Waals surface area contributed by atoms with E-state index in [1.165, 1.54) is 0 Å². The molecule has 0 amide bonds. The van der Waals surface area contributed by atoms with Crippen LogP contribution in [0.3, 0.4) is 0 Å². The molecule has 1 fully saturated rings. The first-order valence-electron chi connectivity index (χ1n) is 3.27. The van der Waals surface area contributed by atoms with E-state index in [2.05, 4.69) is 24.9 Å². The molecule has 1 unspecified atom stereocenters. The monoisotopic (exact) mass is 147 g/mol. The molecule has 0 aromatic rings. The number of rotatable bonds is 1. The SMILES string of the molecule is C[C@@H]1COCC(CS)N1. The van der Waals surface area contributed by atoms with Gasteiger partial charge >= 0.3 is 0 Å². The van der Waals surface area contributed by atoms with E-state index in [-0.39, 0.29) is 0 Å². The van der Waals surface area contributed by atoms with Crippen LogP contribution in [0.2, 0.25) is 0 Å². The first-order valence-corrected chi connectivity index (χ1v) is 3.91. The average molecular weight is 147 g/mol. The molecule has 1 aliphatic rings. The van der Waals surface area contributed by atoms with Gasteiger partial charge in [0.1, 0.15) is 0 Å². The first kappa shape index (κ1) is 7.38. The normalized spacial score (nSPS) is 36.7. The van der Waals surface area contributed by atoms with Gasteiger partial charge in [-0.05, 0) is 6.92 Å². The summed E-state index contributed by atoms with van der Waals surface area (Å²) in [7, 11) is 0. The van der Waals surface area contributed by atoms with Crippen LogP contribution in [0.1, 0.15) is 6.92 Å². The molecule has 54 valence electrons. The Morgan fingerprint density at radius 1 is 1.67 bits per heavy atom. The van der Waals surface area contributed by atoms with Crippen LogP contribution in [0.25, 0.3) is 0 Å². The summed E-state index contributed by atoms with van der Waals surface area (Å²) < 4.78 is 5.27. The summed E-state index contributed by atoms with van der Waals surface area (Å²) in [6, 6.07) is 0.952. The zero-order chi connectivity index (χ0) is 6.69. The molecule has 1 rings (SSSR count). The van der Waals surface area contributed by atoms with Gasteiger partial charge in [-0.25, -0.2) is 0 Å². The molecule has 0 bridgehead atoms. The maximum atomic E-state index is 5.27. The standard InChI is InChI=1S/C6H13NOS/c1-5-2-8-3-6(4-9)7-5/h5-7,9H,2-4H2,1H3/t5-,6?/m1/s1. The Balaban J connectivity index is 2.23. The van der Waals surface area contributed by atoms with Crippen LogP contribution in [0.4, 0.5) is 0 Å². The number of hydrogen-bond acceptors (Lipinski definition) is 3. The lowest BCUT2D eigenvalue weighted by molar-refractivity contribution is 0.0574. The predicted octanol–water partition coefficient (Wildman–Crippen LogP) is 0.293. The van der Waals surface area contributed by atoms with Crippen molar-refractivity contribution in [3.8, 4) is 0 Å². The molecule has 1 N–H and O–H groups in total. The molecule has 2 nitrogen and oxygen atoms in total. The van der Waals surface area contributed by atoms with Crippen LogP contribution in [0, 0.1) is 0 Å². The first-order chi connectivity index (χ1) is 4.33. The van der Waals surface area contributed by atoms with Crippen molar-refractivity contribution in [1.29, 1.82) is 0 Å². The number of morpholine rings is 1. The molecular weight excluding hydrogens is 134 g/mol. The molecule has 1 aliphatic heterocycles. The molecule has 0 aromatic heterocycles. The largest absolute Gasteiger partial charge is 0.378 e. The molecule has 0 radical (unpaired) electrons. The number of hydrogen-bond donors (Lipinski definition) is 2. The highest BCUT2D eigenvalue weighted by molar-refractivity contribution is 7.80. The average Bonchev–Trinajstić information content (AvgIpc) is 1.88. The molecule has 0 saturated carbocycles. The summed E-state index contributed by atoms with van der Waals surface area (Å²) >= 11 is 4.16. The van der Waals surface area contributed by atoms with Gasteiger partial charge < -0.3 is 10.1 Å². The molecule has 9 heavy (non-hydrogen) atoms. The zero-order valence-corrected chi connectivity index (χ0v) is 6.53. The van der Waals surface area contributed by atoms with Crippen LogP contribution in [-0.4, -0.2) is 31.1 Å². The highest BCUT2D eigenvalue weighted by Crippen LogP contribution is 1.99. The van der Waals surface area contributed by atoms with E-state index >= 15 is 0 Å². The fraction of sp³-hybridized carbons (Fsp3) is 1.00. The maximum Gasteiger partial charge on any atom is 0.0628 e. The summed E-state index contributed by atoms with van der Waals surface area (Å²) in [5.74, 6) is 0.865. The summed E-state index contributed by atoms with van der Waals surface area (Å²) in [4.78, 5) is 0. The third-order valence-corrected chi connectivity index (χ3v) is 1.87. The minimum Gasteiger partial charge on any atom is -0.378 e. The van der Waals surface area contributed by atoms with Crippen LogP contribution in [-0.2, 0) is 4.74 Å². The van der Waals surface area contributed by atoms with Crippen molar-refractivity contribution in [2.75, 3.05) is 19.0 Å². The van der Waals surface area contributed by atoms with E-state index in [0.29, 0.717) is 12.1 Å². The smallest absolute Gasteiger partial charge is 0.0628 e. The van der Waals surface area contributed by atoms with Crippen molar-refractivity contribution in [3.05, 3.63) is 0 Å².